The number of halogens is 1. The van der Waals surface area contributed by atoms with Crippen LogP contribution in [0.15, 0.2) is 53.9 Å². The smallest absolute Gasteiger partial charge is 0.185 e. The molecule has 0 N–H and O–H groups in total. The highest BCUT2D eigenvalue weighted by Gasteiger charge is 2.16. The van der Waals surface area contributed by atoms with Gasteiger partial charge in [-0.1, -0.05) is 30.0 Å². The Kier molecular flexibility index (Phi) is 5.52. The first-order valence-corrected chi connectivity index (χ1v) is 9.21. The molecule has 26 heavy (non-hydrogen) atoms. The highest BCUT2D eigenvalue weighted by atomic mass is 32.2. The molecule has 1 unspecified atom stereocenters. The van der Waals surface area contributed by atoms with Gasteiger partial charge in [-0.2, -0.15) is 0 Å². The van der Waals surface area contributed by atoms with Crippen LogP contribution in [0.4, 0.5) is 4.39 Å². The molecule has 6 heteroatoms. The lowest BCUT2D eigenvalue weighted by atomic mass is 10.0. The molecule has 1 aromatic carbocycles. The first-order valence-electron chi connectivity index (χ1n) is 8.33. The number of benzene rings is 1. The molecular weight excluding hydrogens is 349 g/mol. The van der Waals surface area contributed by atoms with E-state index in [2.05, 4.69) is 9.97 Å². The minimum absolute atomic E-state index is 0.00405. The van der Waals surface area contributed by atoms with Crippen LogP contribution in [0, 0.1) is 12.7 Å². The number of ketones is 1. The van der Waals surface area contributed by atoms with Crippen molar-refractivity contribution in [2.24, 2.45) is 7.05 Å². The Morgan fingerprint density at radius 2 is 2.12 bits per heavy atom. The van der Waals surface area contributed by atoms with Crippen LogP contribution in [0.3, 0.4) is 0 Å². The molecule has 0 aliphatic carbocycles. The monoisotopic (exact) mass is 369 g/mol. The standard InChI is InChI=1S/C20H20FN3OS/c1-13-5-4-6-18(23-13)19(25)12-16-11-15(7-8-17(16)21)14(2)26-20-22-9-10-24(20)3/h4-11,14H,12H2,1-3H3. The molecule has 134 valence electrons. The van der Waals surface area contributed by atoms with Gasteiger partial charge >= 0.3 is 0 Å². The van der Waals surface area contributed by atoms with Gasteiger partial charge < -0.3 is 4.57 Å². The van der Waals surface area contributed by atoms with E-state index in [0.29, 0.717) is 11.3 Å². The third-order valence-corrected chi connectivity index (χ3v) is 5.35. The van der Waals surface area contributed by atoms with Gasteiger partial charge in [0.1, 0.15) is 11.5 Å². The van der Waals surface area contributed by atoms with Gasteiger partial charge in [-0.15, -0.1) is 0 Å². The second-order valence-electron chi connectivity index (χ2n) is 6.20. The Balaban J connectivity index is 1.79. The molecular formula is C20H20FN3OS. The van der Waals surface area contributed by atoms with E-state index < -0.39 is 0 Å². The minimum Gasteiger partial charge on any atom is -0.329 e. The number of aromatic nitrogens is 3. The lowest BCUT2D eigenvalue weighted by Crippen LogP contribution is -2.08. The van der Waals surface area contributed by atoms with Gasteiger partial charge in [0.15, 0.2) is 10.9 Å². The predicted molar refractivity (Wildman–Crippen MR) is 101 cm³/mol. The number of rotatable bonds is 6. The second-order valence-corrected chi connectivity index (χ2v) is 7.50. The normalized spacial score (nSPS) is 12.2. The molecule has 0 fully saturated rings. The first-order chi connectivity index (χ1) is 12.4. The van der Waals surface area contributed by atoms with E-state index in [1.807, 2.05) is 37.7 Å². The van der Waals surface area contributed by atoms with Gasteiger partial charge in [0, 0.05) is 36.8 Å². The van der Waals surface area contributed by atoms with Crippen molar-refractivity contribution < 1.29 is 9.18 Å². The number of aryl methyl sites for hydroxylation is 2. The lowest BCUT2D eigenvalue weighted by Gasteiger charge is -2.13. The summed E-state index contributed by atoms with van der Waals surface area (Å²) < 4.78 is 16.2. The van der Waals surface area contributed by atoms with Crippen molar-refractivity contribution in [3.05, 3.63) is 77.1 Å². The van der Waals surface area contributed by atoms with E-state index in [-0.39, 0.29) is 23.3 Å². The number of nitrogens with zero attached hydrogens (tertiary/aromatic N) is 3. The van der Waals surface area contributed by atoms with Crippen molar-refractivity contribution in [1.82, 2.24) is 14.5 Å². The van der Waals surface area contributed by atoms with E-state index in [0.717, 1.165) is 16.4 Å². The zero-order valence-corrected chi connectivity index (χ0v) is 15.8. The number of hydrogen-bond donors (Lipinski definition) is 0. The van der Waals surface area contributed by atoms with Crippen LogP contribution >= 0.6 is 11.8 Å². The maximum Gasteiger partial charge on any atom is 0.185 e. The van der Waals surface area contributed by atoms with Gasteiger partial charge in [-0.3, -0.25) is 9.78 Å². The number of imidazole rings is 1. The summed E-state index contributed by atoms with van der Waals surface area (Å²) in [6.45, 7) is 3.87. The summed E-state index contributed by atoms with van der Waals surface area (Å²) in [4.78, 5) is 21.0. The van der Waals surface area contributed by atoms with Crippen molar-refractivity contribution in [3.8, 4) is 0 Å². The molecule has 0 aliphatic rings. The summed E-state index contributed by atoms with van der Waals surface area (Å²) in [5.74, 6) is -0.557. The fourth-order valence-electron chi connectivity index (χ4n) is 2.64. The highest BCUT2D eigenvalue weighted by Crippen LogP contribution is 2.34. The second kappa shape index (κ2) is 7.83. The summed E-state index contributed by atoms with van der Waals surface area (Å²) in [6.07, 6.45) is 3.63. The van der Waals surface area contributed by atoms with E-state index >= 15 is 0 Å². The van der Waals surface area contributed by atoms with E-state index in [1.54, 1.807) is 42.2 Å². The van der Waals surface area contributed by atoms with Crippen LogP contribution in [-0.2, 0) is 13.5 Å². The molecule has 0 amide bonds. The molecule has 0 saturated carbocycles. The zero-order chi connectivity index (χ0) is 18.7. The van der Waals surface area contributed by atoms with E-state index in [4.69, 9.17) is 0 Å². The van der Waals surface area contributed by atoms with Crippen LogP contribution in [0.2, 0.25) is 0 Å². The Morgan fingerprint density at radius 3 is 2.81 bits per heavy atom. The summed E-state index contributed by atoms with van der Waals surface area (Å²) >= 11 is 1.59. The van der Waals surface area contributed by atoms with Gasteiger partial charge in [0.25, 0.3) is 0 Å². The molecule has 0 spiro atoms. The van der Waals surface area contributed by atoms with Crippen molar-refractivity contribution in [2.45, 2.75) is 30.7 Å². The number of hydrogen-bond acceptors (Lipinski definition) is 4. The number of Topliss-reactive ketones (excluding diaryl/α,β-unsaturated/α-hetero) is 1. The van der Waals surface area contributed by atoms with Gasteiger partial charge in [0.2, 0.25) is 0 Å². The number of carbonyl (C=O) groups excluding carboxylic acids is 1. The van der Waals surface area contributed by atoms with E-state index in [1.165, 1.54) is 6.07 Å². The fourth-order valence-corrected chi connectivity index (χ4v) is 3.58. The summed E-state index contributed by atoms with van der Waals surface area (Å²) in [5.41, 5.74) is 2.48. The lowest BCUT2D eigenvalue weighted by molar-refractivity contribution is 0.0987. The SMILES string of the molecule is Cc1cccc(C(=O)Cc2cc(C(C)Sc3nccn3C)ccc2F)n1. The average molecular weight is 369 g/mol. The van der Waals surface area contributed by atoms with Crippen molar-refractivity contribution >= 4 is 17.5 Å². The zero-order valence-electron chi connectivity index (χ0n) is 14.9. The molecule has 2 heterocycles. The summed E-state index contributed by atoms with van der Waals surface area (Å²) in [6, 6.07) is 10.2. The van der Waals surface area contributed by atoms with Crippen LogP contribution < -0.4 is 0 Å². The Bertz CT molecular complexity index is 938. The van der Waals surface area contributed by atoms with Crippen LogP contribution in [0.1, 0.15) is 39.5 Å². The summed E-state index contributed by atoms with van der Waals surface area (Å²) in [5, 5.41) is 0.978. The molecule has 1 atom stereocenters. The third kappa shape index (κ3) is 4.19. The van der Waals surface area contributed by atoms with Crippen LogP contribution in [0.5, 0.6) is 0 Å². The van der Waals surface area contributed by atoms with Gasteiger partial charge in [-0.05, 0) is 43.2 Å². The van der Waals surface area contributed by atoms with Crippen molar-refractivity contribution in [1.29, 1.82) is 0 Å². The number of pyridine rings is 1. The Labute approximate surface area is 156 Å². The molecule has 0 saturated heterocycles. The molecule has 3 aromatic rings. The fraction of sp³-hybridized carbons (Fsp3) is 0.250. The maximum atomic E-state index is 14.2. The van der Waals surface area contributed by atoms with Crippen molar-refractivity contribution in [2.75, 3.05) is 0 Å². The molecule has 0 aliphatic heterocycles. The number of carbonyl (C=O) groups is 1. The maximum absolute atomic E-state index is 14.2. The van der Waals surface area contributed by atoms with Crippen LogP contribution in [0.25, 0.3) is 0 Å². The van der Waals surface area contributed by atoms with E-state index in [9.17, 15) is 9.18 Å². The first kappa shape index (κ1) is 18.3. The molecule has 0 bridgehead atoms. The topological polar surface area (TPSA) is 47.8 Å². The predicted octanol–water partition coefficient (Wildman–Crippen LogP) is 4.54. The molecule has 3 rings (SSSR count). The van der Waals surface area contributed by atoms with Crippen LogP contribution in [-0.4, -0.2) is 20.3 Å². The van der Waals surface area contributed by atoms with Crippen molar-refractivity contribution in [3.63, 3.8) is 0 Å². The molecule has 2 aromatic heterocycles. The molecule has 0 radical (unpaired) electrons. The Hall–Kier alpha value is -2.47. The largest absolute Gasteiger partial charge is 0.329 e. The third-order valence-electron chi connectivity index (χ3n) is 4.12. The Morgan fingerprint density at radius 1 is 1.31 bits per heavy atom. The molecule has 4 nitrogen and oxygen atoms in total. The van der Waals surface area contributed by atoms with Gasteiger partial charge in [0.05, 0.1) is 0 Å². The minimum atomic E-state index is -0.371. The average Bonchev–Trinajstić information content (AvgIpc) is 3.01. The quantitative estimate of drug-likeness (QED) is 0.473. The number of thioether (sulfide) groups is 1. The summed E-state index contributed by atoms with van der Waals surface area (Å²) in [7, 11) is 1.94. The highest BCUT2D eigenvalue weighted by molar-refractivity contribution is 7.99. The van der Waals surface area contributed by atoms with Gasteiger partial charge in [-0.25, -0.2) is 9.37 Å².